The number of aromatic amines is 1. The number of nitrogens with one attached hydrogen (secondary N) is 2. The van der Waals surface area contributed by atoms with Crippen molar-refractivity contribution in [3.8, 4) is 11.3 Å². The molecule has 1 amide bonds. The summed E-state index contributed by atoms with van der Waals surface area (Å²) in [5, 5.41) is 11.1. The van der Waals surface area contributed by atoms with Crippen LogP contribution in [-0.4, -0.2) is 28.1 Å². The number of hydrogen-bond acceptors (Lipinski definition) is 4. The van der Waals surface area contributed by atoms with Crippen LogP contribution < -0.4 is 5.43 Å². The Balaban J connectivity index is 1.51. The first kappa shape index (κ1) is 19.9. The molecular weight excluding hydrogens is 492 g/mol. The smallest absolute Gasteiger partial charge is 0.250 e. The van der Waals surface area contributed by atoms with Gasteiger partial charge in [-0.15, -0.1) is 11.8 Å². The third-order valence-corrected chi connectivity index (χ3v) is 5.93. The van der Waals surface area contributed by atoms with Gasteiger partial charge < -0.3 is 0 Å². The minimum Gasteiger partial charge on any atom is -0.277 e. The predicted octanol–water partition coefficient (Wildman–Crippen LogP) is 4.99. The Labute approximate surface area is 178 Å². The summed E-state index contributed by atoms with van der Waals surface area (Å²) in [6.45, 7) is 0. The second-order valence-electron chi connectivity index (χ2n) is 5.58. The zero-order valence-corrected chi connectivity index (χ0v) is 18.1. The predicted molar refractivity (Wildman–Crippen MR) is 118 cm³/mol. The summed E-state index contributed by atoms with van der Waals surface area (Å²) in [7, 11) is 0. The Morgan fingerprint density at radius 3 is 2.74 bits per heavy atom. The number of rotatable bonds is 7. The van der Waals surface area contributed by atoms with Crippen molar-refractivity contribution in [1.82, 2.24) is 15.6 Å². The van der Waals surface area contributed by atoms with Crippen LogP contribution in [0.3, 0.4) is 0 Å². The fourth-order valence-corrected chi connectivity index (χ4v) is 4.01. The molecule has 0 radical (unpaired) electrons. The fourth-order valence-electron chi connectivity index (χ4n) is 2.32. The van der Waals surface area contributed by atoms with Crippen molar-refractivity contribution >= 4 is 55.7 Å². The van der Waals surface area contributed by atoms with Crippen molar-refractivity contribution < 1.29 is 4.79 Å². The van der Waals surface area contributed by atoms with Gasteiger partial charge in [-0.3, -0.25) is 9.89 Å². The van der Waals surface area contributed by atoms with E-state index in [0.717, 1.165) is 37.1 Å². The Hall–Kier alpha value is -1.90. The van der Waals surface area contributed by atoms with Crippen LogP contribution >= 0.6 is 43.6 Å². The molecule has 2 N–H and O–H groups in total. The van der Waals surface area contributed by atoms with Gasteiger partial charge in [0.1, 0.15) is 0 Å². The molecule has 0 spiro atoms. The average Bonchev–Trinajstić information content (AvgIpc) is 3.12. The number of nitrogens with zero attached hydrogens (tertiary/aromatic N) is 2. The minimum absolute atomic E-state index is 0.142. The lowest BCUT2D eigenvalue weighted by Crippen LogP contribution is -2.19. The zero-order valence-electron chi connectivity index (χ0n) is 14.2. The first-order chi connectivity index (χ1) is 13.1. The average molecular weight is 508 g/mol. The maximum Gasteiger partial charge on any atom is 0.250 e. The molecule has 0 aliphatic rings. The molecule has 27 heavy (non-hydrogen) atoms. The van der Waals surface area contributed by atoms with E-state index < -0.39 is 0 Å². The number of hydrogen-bond donors (Lipinski definition) is 2. The molecule has 3 rings (SSSR count). The molecule has 1 heterocycles. The number of carbonyl (C=O) groups excluding carboxylic acids is 1. The Bertz CT molecular complexity index is 941. The van der Waals surface area contributed by atoms with E-state index in [0.29, 0.717) is 5.75 Å². The van der Waals surface area contributed by atoms with Crippen molar-refractivity contribution in [1.29, 1.82) is 0 Å². The van der Waals surface area contributed by atoms with Crippen molar-refractivity contribution in [3.05, 3.63) is 74.8 Å². The third kappa shape index (κ3) is 5.79. The number of hydrazone groups is 1. The quantitative estimate of drug-likeness (QED) is 0.349. The number of benzene rings is 2. The van der Waals surface area contributed by atoms with Crippen molar-refractivity contribution in [2.75, 3.05) is 5.75 Å². The Morgan fingerprint density at radius 2 is 1.96 bits per heavy atom. The van der Waals surface area contributed by atoms with Gasteiger partial charge in [0.05, 0.1) is 23.9 Å². The van der Waals surface area contributed by atoms with Crippen LogP contribution in [0.2, 0.25) is 0 Å². The van der Waals surface area contributed by atoms with Gasteiger partial charge in [0, 0.05) is 25.8 Å². The maximum absolute atomic E-state index is 12.0. The summed E-state index contributed by atoms with van der Waals surface area (Å²) in [6.07, 6.45) is 3.27. The number of carbonyl (C=O) groups is 1. The van der Waals surface area contributed by atoms with Gasteiger partial charge in [-0.2, -0.15) is 10.2 Å². The van der Waals surface area contributed by atoms with E-state index >= 15 is 0 Å². The highest BCUT2D eigenvalue weighted by molar-refractivity contribution is 9.10. The summed E-state index contributed by atoms with van der Waals surface area (Å²) in [5.74, 6) is 0.953. The van der Waals surface area contributed by atoms with E-state index in [1.807, 2.05) is 48.5 Å². The second kappa shape index (κ2) is 9.87. The number of H-pyrrole nitrogens is 1. The molecule has 138 valence electrons. The second-order valence-corrected chi connectivity index (χ2v) is 8.34. The van der Waals surface area contributed by atoms with Crippen LogP contribution in [0, 0.1) is 0 Å². The molecule has 0 unspecified atom stereocenters. The van der Waals surface area contributed by atoms with Gasteiger partial charge in [-0.25, -0.2) is 5.43 Å². The van der Waals surface area contributed by atoms with Crippen molar-refractivity contribution in [3.63, 3.8) is 0 Å². The molecule has 8 heteroatoms. The molecule has 0 aliphatic heterocycles. The van der Waals surface area contributed by atoms with Crippen molar-refractivity contribution in [2.24, 2.45) is 5.10 Å². The molecule has 2 aromatic carbocycles. The first-order valence-corrected chi connectivity index (χ1v) is 10.8. The van der Waals surface area contributed by atoms with Gasteiger partial charge in [0.2, 0.25) is 5.91 Å². The largest absolute Gasteiger partial charge is 0.277 e. The van der Waals surface area contributed by atoms with Crippen LogP contribution in [0.25, 0.3) is 11.3 Å². The molecule has 1 aromatic heterocycles. The summed E-state index contributed by atoms with van der Waals surface area (Å²) >= 11 is 8.47. The monoisotopic (exact) mass is 506 g/mol. The van der Waals surface area contributed by atoms with E-state index in [-0.39, 0.29) is 5.91 Å². The van der Waals surface area contributed by atoms with Crippen LogP contribution in [0.5, 0.6) is 0 Å². The van der Waals surface area contributed by atoms with Gasteiger partial charge in [-0.05, 0) is 23.8 Å². The van der Waals surface area contributed by atoms with E-state index in [1.165, 1.54) is 11.8 Å². The molecule has 3 aromatic rings. The van der Waals surface area contributed by atoms with E-state index in [4.69, 9.17) is 0 Å². The zero-order chi connectivity index (χ0) is 19.1. The lowest BCUT2D eigenvalue weighted by atomic mass is 10.1. The molecule has 5 nitrogen and oxygen atoms in total. The maximum atomic E-state index is 12.0. The lowest BCUT2D eigenvalue weighted by Gasteiger charge is -2.03. The van der Waals surface area contributed by atoms with Crippen LogP contribution in [0.15, 0.2) is 68.8 Å². The number of halogens is 2. The summed E-state index contributed by atoms with van der Waals surface area (Å²) in [5.41, 5.74) is 6.37. The highest BCUT2D eigenvalue weighted by atomic mass is 79.9. The van der Waals surface area contributed by atoms with Crippen LogP contribution in [0.4, 0.5) is 0 Å². The SMILES string of the molecule is O=C(CSCc1ccccc1Br)NN=Cc1cn[nH]c1-c1ccc(Br)cc1. The fraction of sp³-hybridized carbons (Fsp3) is 0.105. The standard InChI is InChI=1S/C19H16Br2N4OS/c20-16-7-5-13(6-8-16)19-15(10-23-25-19)9-22-24-18(26)12-27-11-14-3-1-2-4-17(14)21/h1-10H,11-12H2,(H,23,25)(H,24,26). The molecule has 0 aliphatic carbocycles. The molecular formula is C19H16Br2N4OS. The normalized spacial score (nSPS) is 11.0. The van der Waals surface area contributed by atoms with Gasteiger partial charge in [0.25, 0.3) is 0 Å². The van der Waals surface area contributed by atoms with Crippen LogP contribution in [0.1, 0.15) is 11.1 Å². The lowest BCUT2D eigenvalue weighted by molar-refractivity contribution is -0.118. The highest BCUT2D eigenvalue weighted by Crippen LogP contribution is 2.22. The summed E-state index contributed by atoms with van der Waals surface area (Å²) in [6, 6.07) is 15.9. The number of amides is 1. The summed E-state index contributed by atoms with van der Waals surface area (Å²) < 4.78 is 2.06. The molecule has 0 atom stereocenters. The topological polar surface area (TPSA) is 70.1 Å². The Morgan fingerprint density at radius 1 is 1.19 bits per heavy atom. The van der Waals surface area contributed by atoms with Gasteiger partial charge >= 0.3 is 0 Å². The van der Waals surface area contributed by atoms with E-state index in [9.17, 15) is 4.79 Å². The summed E-state index contributed by atoms with van der Waals surface area (Å²) in [4.78, 5) is 12.0. The van der Waals surface area contributed by atoms with E-state index in [1.54, 1.807) is 12.4 Å². The van der Waals surface area contributed by atoms with Crippen LogP contribution in [-0.2, 0) is 10.5 Å². The number of aromatic nitrogens is 2. The molecule has 0 saturated heterocycles. The third-order valence-electron chi connectivity index (χ3n) is 3.64. The van der Waals surface area contributed by atoms with E-state index in [2.05, 4.69) is 52.6 Å². The Kier molecular flexibility index (Phi) is 7.25. The molecule has 0 bridgehead atoms. The van der Waals surface area contributed by atoms with Gasteiger partial charge in [-0.1, -0.05) is 62.2 Å². The minimum atomic E-state index is -0.142. The first-order valence-electron chi connectivity index (χ1n) is 8.06. The molecule has 0 fully saturated rings. The molecule has 0 saturated carbocycles. The highest BCUT2D eigenvalue weighted by Gasteiger charge is 2.06. The van der Waals surface area contributed by atoms with Gasteiger partial charge in [0.15, 0.2) is 0 Å². The number of thioether (sulfide) groups is 1. The van der Waals surface area contributed by atoms with Crippen molar-refractivity contribution in [2.45, 2.75) is 5.75 Å².